The number of carbonyl (C=O) groups is 3. The second-order valence-electron chi connectivity index (χ2n) is 19.6. The van der Waals surface area contributed by atoms with Crippen LogP contribution in [0.5, 0.6) is 0 Å². The zero-order chi connectivity index (χ0) is 49.4. The molecule has 19 nitrogen and oxygen atoms in total. The molecule has 0 aliphatic carbocycles. The summed E-state index contributed by atoms with van der Waals surface area (Å²) in [6.45, 7) is 17.4. The fraction of sp³-hybridized carbons (Fsp3) is 0.667. The second-order valence-corrected chi connectivity index (χ2v) is 20.7. The third kappa shape index (κ3) is 12.7. The molecule has 374 valence electrons. The molecule has 0 spiro atoms. The lowest BCUT2D eigenvalue weighted by Crippen LogP contribution is -2.55. The lowest BCUT2D eigenvalue weighted by molar-refractivity contribution is -0.189. The Bertz CT molecular complexity index is 2290. The van der Waals surface area contributed by atoms with E-state index >= 15 is 0 Å². The zero-order valence-corrected chi connectivity index (χ0v) is 42.0. The summed E-state index contributed by atoms with van der Waals surface area (Å²) in [5, 5.41) is 33.0. The van der Waals surface area contributed by atoms with Crippen molar-refractivity contribution >= 4 is 39.8 Å². The number of benzene rings is 1. The van der Waals surface area contributed by atoms with Gasteiger partial charge < -0.3 is 46.7 Å². The van der Waals surface area contributed by atoms with E-state index in [4.69, 9.17) is 31.4 Å². The van der Waals surface area contributed by atoms with Crippen LogP contribution < -0.4 is 22.5 Å². The van der Waals surface area contributed by atoms with Crippen LogP contribution >= 0.6 is 11.3 Å². The molecule has 0 bridgehead atoms. The van der Waals surface area contributed by atoms with Crippen molar-refractivity contribution in [2.45, 2.75) is 155 Å². The standard InChI is InChI=1S/C48H74N12O7S/c1-10-39-35-20-41(61)60(17-12-11-16-58-25-37(54-56-58)33-14-13-15-34(49)19-33)42(35)31(6)52-22-28(3)21-48(8,65-9)45(29(4)43(62)30(5)46(64)67-39)66-32(7)44(63)36(50)18-27(2)24-59-26-38(55-57-59)40-23-53-47(51)68-40/h13-15,19,23,25-32,35-36,39,42,44-45,52,63H,10-12,16-18,20-22,24,49-50H2,1-9H3,(H2,51,53)/t27-,28+,29-,30+,31+,32?,35+,36?,39+,42+,44?,45+,48+/m0/s1. The molecular weight excluding hydrogens is 889 g/mol. The number of cyclic esters (lactones) is 1. The van der Waals surface area contributed by atoms with Gasteiger partial charge in [-0.05, 0) is 90.3 Å². The Morgan fingerprint density at radius 1 is 1.03 bits per heavy atom. The molecule has 2 aliphatic rings. The average molecular weight is 963 g/mol. The van der Waals surface area contributed by atoms with E-state index in [2.05, 4.69) is 44.8 Å². The lowest BCUT2D eigenvalue weighted by atomic mass is 9.78. The Hall–Kier alpha value is -4.86. The molecule has 5 heterocycles. The number of aromatic nitrogens is 7. The molecule has 2 saturated heterocycles. The van der Waals surface area contributed by atoms with E-state index in [0.717, 1.165) is 29.0 Å². The van der Waals surface area contributed by atoms with Gasteiger partial charge in [0.25, 0.3) is 0 Å². The van der Waals surface area contributed by atoms with E-state index in [0.29, 0.717) is 62.0 Å². The first-order valence-corrected chi connectivity index (χ1v) is 24.9. The van der Waals surface area contributed by atoms with Gasteiger partial charge in [0.2, 0.25) is 5.91 Å². The maximum absolute atomic E-state index is 14.5. The molecule has 4 aromatic rings. The summed E-state index contributed by atoms with van der Waals surface area (Å²) in [6, 6.07) is 6.43. The van der Waals surface area contributed by atoms with Gasteiger partial charge in [-0.1, -0.05) is 61.6 Å². The predicted octanol–water partition coefficient (Wildman–Crippen LogP) is 4.60. The van der Waals surface area contributed by atoms with E-state index in [1.54, 1.807) is 38.8 Å². The normalized spacial score (nSPS) is 28.3. The largest absolute Gasteiger partial charge is 0.461 e. The number of Topliss-reactive ketones (excluding diaryl/α,β-unsaturated/α-hetero) is 1. The molecule has 0 saturated carbocycles. The Morgan fingerprint density at radius 3 is 2.43 bits per heavy atom. The van der Waals surface area contributed by atoms with Crippen molar-refractivity contribution in [3.63, 3.8) is 0 Å². The first-order chi connectivity index (χ1) is 32.3. The number of rotatable bonds is 17. The fourth-order valence-corrected chi connectivity index (χ4v) is 10.9. The van der Waals surface area contributed by atoms with Crippen LogP contribution in [0.2, 0.25) is 0 Å². The molecule has 8 N–H and O–H groups in total. The number of thiazole rings is 1. The van der Waals surface area contributed by atoms with E-state index in [-0.39, 0.29) is 47.9 Å². The number of methoxy groups -OCH3 is 1. The number of fused-ring (bicyclic) bond motifs is 1. The van der Waals surface area contributed by atoms with Crippen molar-refractivity contribution in [1.82, 2.24) is 45.2 Å². The molecule has 2 fully saturated rings. The third-order valence-corrected chi connectivity index (χ3v) is 14.9. The van der Waals surface area contributed by atoms with Crippen LogP contribution in [0.15, 0.2) is 42.9 Å². The summed E-state index contributed by atoms with van der Waals surface area (Å²) in [6.07, 6.45) is 5.12. The number of anilines is 2. The van der Waals surface area contributed by atoms with Crippen LogP contribution in [0, 0.1) is 29.6 Å². The highest BCUT2D eigenvalue weighted by atomic mass is 32.1. The molecule has 3 unspecified atom stereocenters. The number of likely N-dealkylation sites (tertiary alicyclic amines) is 1. The van der Waals surface area contributed by atoms with Crippen LogP contribution in [0.3, 0.4) is 0 Å². The highest BCUT2D eigenvalue weighted by Crippen LogP contribution is 2.37. The lowest BCUT2D eigenvalue weighted by Gasteiger charge is -2.43. The van der Waals surface area contributed by atoms with Gasteiger partial charge in [-0.3, -0.25) is 23.7 Å². The smallest absolute Gasteiger partial charge is 0.316 e. The first kappa shape index (κ1) is 52.5. The number of aryl methyl sites for hydroxylation is 1. The maximum Gasteiger partial charge on any atom is 0.316 e. The molecular formula is C48H74N12O7S. The quantitative estimate of drug-likeness (QED) is 0.0419. The summed E-state index contributed by atoms with van der Waals surface area (Å²) >= 11 is 1.33. The topological polar surface area (TPSA) is 267 Å². The van der Waals surface area contributed by atoms with Gasteiger partial charge in [-0.15, -0.1) is 10.2 Å². The van der Waals surface area contributed by atoms with Crippen LogP contribution in [0.25, 0.3) is 21.8 Å². The van der Waals surface area contributed by atoms with Crippen molar-refractivity contribution in [3.05, 3.63) is 42.9 Å². The molecule has 20 heteroatoms. The summed E-state index contributed by atoms with van der Waals surface area (Å²) in [4.78, 5) is 49.3. The number of nitrogens with zero attached hydrogens (tertiary/aromatic N) is 8. The molecule has 13 atom stereocenters. The van der Waals surface area contributed by atoms with Crippen LogP contribution in [-0.2, 0) is 41.7 Å². The molecule has 2 aliphatic heterocycles. The Kier molecular flexibility index (Phi) is 17.9. The number of carbonyl (C=O) groups excluding carboxylic acids is 3. The first-order valence-electron chi connectivity index (χ1n) is 24.1. The molecule has 6 rings (SSSR count). The average Bonchev–Trinajstić information content (AvgIpc) is 4.14. The summed E-state index contributed by atoms with van der Waals surface area (Å²) in [5.74, 6) is -3.25. The number of aliphatic hydroxyl groups is 1. The van der Waals surface area contributed by atoms with Crippen molar-refractivity contribution in [2.24, 2.45) is 35.3 Å². The number of esters is 1. The van der Waals surface area contributed by atoms with E-state index in [1.807, 2.05) is 67.0 Å². The molecule has 1 aromatic carbocycles. The van der Waals surface area contributed by atoms with Crippen molar-refractivity contribution < 1.29 is 33.7 Å². The second kappa shape index (κ2) is 23.2. The highest BCUT2D eigenvalue weighted by molar-refractivity contribution is 7.18. The van der Waals surface area contributed by atoms with Gasteiger partial charge >= 0.3 is 5.97 Å². The minimum atomic E-state index is -1.14. The van der Waals surface area contributed by atoms with Gasteiger partial charge in [0.1, 0.15) is 23.4 Å². The number of nitrogens with two attached hydrogens (primary N) is 3. The number of aliphatic hydroxyl groups excluding tert-OH is 1. The number of hydrogen-bond donors (Lipinski definition) is 5. The SMILES string of the molecule is CC[C@H]1OC(=O)[C@H](C)C(=O)[C@H](C)[C@@H](OC(C)C(O)C(N)C[C@H](C)Cn2cc(-c3cnc(N)s3)nn2)[C@](C)(OC)C[C@@H](C)CN[C@H](C)[C@@H]2[C@@H]1CC(=O)N2CCCCn1cc(-c2cccc(N)c2)nn1. The van der Waals surface area contributed by atoms with Crippen LogP contribution in [0.1, 0.15) is 93.9 Å². The number of ether oxygens (including phenoxy) is 3. The number of nitrogens with one attached hydrogen (secondary N) is 1. The summed E-state index contributed by atoms with van der Waals surface area (Å²) < 4.78 is 22.8. The molecule has 3 aromatic heterocycles. The van der Waals surface area contributed by atoms with Gasteiger partial charge in [-0.25, -0.2) is 4.98 Å². The van der Waals surface area contributed by atoms with Crippen LogP contribution in [-0.4, -0.2) is 131 Å². The minimum absolute atomic E-state index is 0.0104. The number of amides is 1. The Morgan fingerprint density at radius 2 is 1.74 bits per heavy atom. The monoisotopic (exact) mass is 963 g/mol. The zero-order valence-electron chi connectivity index (χ0n) is 41.2. The number of hydrogen-bond acceptors (Lipinski definition) is 17. The van der Waals surface area contributed by atoms with Gasteiger partial charge in [0.05, 0.1) is 47.2 Å². The summed E-state index contributed by atoms with van der Waals surface area (Å²) in [7, 11) is 1.59. The minimum Gasteiger partial charge on any atom is -0.461 e. The van der Waals surface area contributed by atoms with Crippen LogP contribution in [0.4, 0.5) is 10.8 Å². The Balaban J connectivity index is 1.13. The molecule has 1 amide bonds. The molecule has 0 radical (unpaired) electrons. The van der Waals surface area contributed by atoms with Gasteiger partial charge in [0, 0.05) is 74.5 Å². The van der Waals surface area contributed by atoms with Crippen molar-refractivity contribution in [1.29, 1.82) is 0 Å². The third-order valence-electron chi connectivity index (χ3n) is 14.0. The number of ketones is 1. The van der Waals surface area contributed by atoms with Crippen molar-refractivity contribution in [3.8, 4) is 21.8 Å². The number of unbranched alkanes of at least 4 members (excludes halogenated alkanes) is 1. The van der Waals surface area contributed by atoms with Gasteiger partial charge in [-0.2, -0.15) is 0 Å². The maximum atomic E-state index is 14.5. The predicted molar refractivity (Wildman–Crippen MR) is 261 cm³/mol. The van der Waals surface area contributed by atoms with E-state index < -0.39 is 53.9 Å². The highest BCUT2D eigenvalue weighted by Gasteiger charge is 2.49. The Labute approximate surface area is 404 Å². The number of nitrogen functional groups attached to an aromatic ring is 2. The molecule has 68 heavy (non-hydrogen) atoms. The summed E-state index contributed by atoms with van der Waals surface area (Å²) in [5.41, 5.74) is 20.4. The van der Waals surface area contributed by atoms with E-state index in [1.165, 1.54) is 11.3 Å². The van der Waals surface area contributed by atoms with E-state index in [9.17, 15) is 19.5 Å². The van der Waals surface area contributed by atoms with Crippen molar-refractivity contribution in [2.75, 3.05) is 31.7 Å². The fourth-order valence-electron chi connectivity index (χ4n) is 10.2. The van der Waals surface area contributed by atoms with Gasteiger partial charge in [0.15, 0.2) is 10.9 Å².